The SMILES string of the molecule is COc1ccc(S(=O)(=O)Nc2ccccc2)c([N+](N)=O)c1. The Kier molecular flexibility index (Phi) is 4.08. The number of ether oxygens (including phenoxy) is 1. The highest BCUT2D eigenvalue weighted by Gasteiger charge is 2.28. The first-order valence-electron chi connectivity index (χ1n) is 5.92. The lowest BCUT2D eigenvalue weighted by molar-refractivity contribution is -0.477. The van der Waals surface area contributed by atoms with Gasteiger partial charge in [-0.15, -0.1) is 0 Å². The van der Waals surface area contributed by atoms with E-state index >= 15 is 0 Å². The Balaban J connectivity index is 2.47. The van der Waals surface area contributed by atoms with Crippen LogP contribution >= 0.6 is 0 Å². The van der Waals surface area contributed by atoms with Crippen molar-refractivity contribution in [2.45, 2.75) is 4.90 Å². The Labute approximate surface area is 121 Å². The minimum Gasteiger partial charge on any atom is -0.496 e. The van der Waals surface area contributed by atoms with Crippen LogP contribution in [0.5, 0.6) is 5.75 Å². The molecular formula is C13H14N3O4S+. The first-order valence-corrected chi connectivity index (χ1v) is 7.40. The summed E-state index contributed by atoms with van der Waals surface area (Å²) in [6.07, 6.45) is 0. The normalized spacial score (nSPS) is 10.9. The third-order valence-corrected chi connectivity index (χ3v) is 4.15. The second kappa shape index (κ2) is 5.80. The summed E-state index contributed by atoms with van der Waals surface area (Å²) in [5.41, 5.74) is 0.173. The van der Waals surface area contributed by atoms with Gasteiger partial charge in [0, 0.05) is 5.69 Å². The molecule has 0 aliphatic rings. The molecule has 0 amide bonds. The Morgan fingerprint density at radius 2 is 1.81 bits per heavy atom. The fraction of sp³-hybridized carbons (Fsp3) is 0.0769. The molecule has 0 aromatic heterocycles. The number of para-hydroxylation sites is 1. The predicted molar refractivity (Wildman–Crippen MR) is 77.7 cm³/mol. The van der Waals surface area contributed by atoms with E-state index in [0.29, 0.717) is 11.4 Å². The van der Waals surface area contributed by atoms with E-state index in [1.54, 1.807) is 30.3 Å². The highest BCUT2D eigenvalue weighted by atomic mass is 32.2. The summed E-state index contributed by atoms with van der Waals surface area (Å²) in [5, 5.41) is 0. The molecular weight excluding hydrogens is 294 g/mol. The largest absolute Gasteiger partial charge is 0.496 e. The Morgan fingerprint density at radius 3 is 2.38 bits per heavy atom. The zero-order chi connectivity index (χ0) is 15.5. The summed E-state index contributed by atoms with van der Waals surface area (Å²) in [5.74, 6) is 5.49. The molecule has 3 N–H and O–H groups in total. The van der Waals surface area contributed by atoms with E-state index in [2.05, 4.69) is 4.72 Å². The molecule has 0 atom stereocenters. The zero-order valence-corrected chi connectivity index (χ0v) is 12.0. The van der Waals surface area contributed by atoms with E-state index in [9.17, 15) is 13.3 Å². The molecule has 0 bridgehead atoms. The van der Waals surface area contributed by atoms with Crippen molar-refractivity contribution in [2.75, 3.05) is 11.8 Å². The van der Waals surface area contributed by atoms with Gasteiger partial charge in [-0.3, -0.25) is 4.72 Å². The van der Waals surface area contributed by atoms with Gasteiger partial charge in [0.25, 0.3) is 10.0 Å². The molecule has 0 heterocycles. The van der Waals surface area contributed by atoms with Crippen LogP contribution in [0.2, 0.25) is 0 Å². The quantitative estimate of drug-likeness (QED) is 0.498. The first-order chi connectivity index (χ1) is 9.94. The second-order valence-electron chi connectivity index (χ2n) is 4.13. The van der Waals surface area contributed by atoms with Gasteiger partial charge in [0.1, 0.15) is 5.75 Å². The van der Waals surface area contributed by atoms with Gasteiger partial charge in [-0.05, 0) is 24.3 Å². The maximum absolute atomic E-state index is 12.4. The molecule has 2 aromatic carbocycles. The molecule has 0 saturated heterocycles. The van der Waals surface area contributed by atoms with Crippen LogP contribution in [0.25, 0.3) is 0 Å². The molecule has 7 nitrogen and oxygen atoms in total. The van der Waals surface area contributed by atoms with E-state index < -0.39 is 10.0 Å². The Morgan fingerprint density at radius 1 is 1.14 bits per heavy atom. The van der Waals surface area contributed by atoms with Crippen LogP contribution in [0.3, 0.4) is 0 Å². The molecule has 0 radical (unpaired) electrons. The molecule has 2 aromatic rings. The Bertz CT molecular complexity index is 760. The molecule has 8 heteroatoms. The molecule has 0 saturated carbocycles. The molecule has 0 aliphatic carbocycles. The van der Waals surface area contributed by atoms with Gasteiger partial charge in [-0.25, -0.2) is 8.42 Å². The first kappa shape index (κ1) is 14.8. The summed E-state index contributed by atoms with van der Waals surface area (Å²) in [7, 11) is -2.54. The number of nitrogens with two attached hydrogens (primary N) is 1. The summed E-state index contributed by atoms with van der Waals surface area (Å²) in [4.78, 5) is 11.1. The molecule has 0 aliphatic heterocycles. The standard InChI is InChI=1S/C13H14N3O4S/c1-20-11-7-8-13(12(9-11)16(14)17)21(18,19)15-10-5-3-2-4-6-10/h2-9,15H,1H3,(H2,14,17)/q+1. The zero-order valence-electron chi connectivity index (χ0n) is 11.2. The number of rotatable bonds is 5. The maximum Gasteiger partial charge on any atom is 0.315 e. The van der Waals surface area contributed by atoms with Crippen molar-refractivity contribution >= 4 is 21.4 Å². The number of hydrogen-bond acceptors (Lipinski definition) is 4. The fourth-order valence-corrected chi connectivity index (χ4v) is 2.97. The van der Waals surface area contributed by atoms with Crippen LogP contribution in [-0.4, -0.2) is 20.4 Å². The van der Waals surface area contributed by atoms with Crippen molar-refractivity contribution in [1.82, 2.24) is 0 Å². The van der Waals surface area contributed by atoms with E-state index in [1.165, 1.54) is 25.3 Å². The smallest absolute Gasteiger partial charge is 0.315 e. The number of nitrogens with zero attached hydrogens (tertiary/aromatic N) is 1. The van der Waals surface area contributed by atoms with Gasteiger partial charge >= 0.3 is 5.69 Å². The topological polar surface area (TPSA) is 102 Å². The van der Waals surface area contributed by atoms with Crippen molar-refractivity contribution in [1.29, 1.82) is 0 Å². The lowest BCUT2D eigenvalue weighted by atomic mass is 10.3. The number of methoxy groups -OCH3 is 1. The molecule has 0 fully saturated rings. The van der Waals surface area contributed by atoms with Crippen LogP contribution in [-0.2, 0) is 10.0 Å². The van der Waals surface area contributed by atoms with Gasteiger partial charge in [0.2, 0.25) is 0 Å². The fourth-order valence-electron chi connectivity index (χ4n) is 1.74. The van der Waals surface area contributed by atoms with Crippen molar-refractivity contribution in [3.63, 3.8) is 0 Å². The van der Waals surface area contributed by atoms with E-state index in [0.717, 1.165) is 0 Å². The third-order valence-electron chi connectivity index (χ3n) is 2.72. The number of anilines is 1. The number of nitroso groups, excluding NO2 is 1. The monoisotopic (exact) mass is 308 g/mol. The van der Waals surface area contributed by atoms with Gasteiger partial charge in [-0.2, -0.15) is 5.84 Å². The number of sulfonamides is 1. The summed E-state index contributed by atoms with van der Waals surface area (Å²) in [6, 6.07) is 12.3. The summed E-state index contributed by atoms with van der Waals surface area (Å²) in [6.45, 7) is 0. The van der Waals surface area contributed by atoms with Crippen molar-refractivity contribution < 1.29 is 18.0 Å². The maximum atomic E-state index is 12.4. The van der Waals surface area contributed by atoms with Crippen LogP contribution < -0.4 is 15.3 Å². The van der Waals surface area contributed by atoms with Gasteiger partial charge in [-0.1, -0.05) is 18.2 Å². The number of hydrazine groups is 1. The molecule has 0 unspecified atom stereocenters. The third kappa shape index (κ3) is 3.29. The van der Waals surface area contributed by atoms with Crippen LogP contribution in [0.1, 0.15) is 0 Å². The predicted octanol–water partition coefficient (Wildman–Crippen LogP) is 1.78. The van der Waals surface area contributed by atoms with Crippen molar-refractivity contribution in [2.24, 2.45) is 5.84 Å². The van der Waals surface area contributed by atoms with Gasteiger partial charge in [0.15, 0.2) is 9.76 Å². The van der Waals surface area contributed by atoms with Crippen LogP contribution in [0, 0.1) is 4.91 Å². The highest BCUT2D eigenvalue weighted by Crippen LogP contribution is 2.28. The minimum atomic E-state index is -3.94. The highest BCUT2D eigenvalue weighted by molar-refractivity contribution is 7.92. The summed E-state index contributed by atoms with van der Waals surface area (Å²) < 4.78 is 32.0. The van der Waals surface area contributed by atoms with Crippen LogP contribution in [0.4, 0.5) is 11.4 Å². The van der Waals surface area contributed by atoms with Crippen molar-refractivity contribution in [3.8, 4) is 5.75 Å². The molecule has 0 spiro atoms. The van der Waals surface area contributed by atoms with Crippen molar-refractivity contribution in [3.05, 3.63) is 53.4 Å². The van der Waals surface area contributed by atoms with Gasteiger partial charge in [0.05, 0.1) is 18.1 Å². The van der Waals surface area contributed by atoms with E-state index in [-0.39, 0.29) is 15.5 Å². The Hall–Kier alpha value is -2.61. The molecule has 2 rings (SSSR count). The second-order valence-corrected chi connectivity index (χ2v) is 5.78. The lowest BCUT2D eigenvalue weighted by Gasteiger charge is -2.08. The molecule has 110 valence electrons. The molecule has 21 heavy (non-hydrogen) atoms. The summed E-state index contributed by atoms with van der Waals surface area (Å²) >= 11 is 0. The minimum absolute atomic E-state index is 0.0118. The average molecular weight is 308 g/mol. The van der Waals surface area contributed by atoms with E-state index in [4.69, 9.17) is 10.6 Å². The van der Waals surface area contributed by atoms with E-state index in [1.807, 2.05) is 0 Å². The number of benzene rings is 2. The van der Waals surface area contributed by atoms with Gasteiger partial charge < -0.3 is 4.74 Å². The number of hydrogen-bond donors (Lipinski definition) is 2. The number of nitrogens with one attached hydrogen (secondary N) is 1. The lowest BCUT2D eigenvalue weighted by Crippen LogP contribution is -2.18. The average Bonchev–Trinajstić information content (AvgIpc) is 2.47. The van der Waals surface area contributed by atoms with Crippen LogP contribution in [0.15, 0.2) is 53.4 Å².